The van der Waals surface area contributed by atoms with Crippen molar-refractivity contribution in [3.8, 4) is 17.2 Å². The fourth-order valence-corrected chi connectivity index (χ4v) is 4.84. The molecule has 0 aliphatic heterocycles. The molecule has 4 rings (SSSR count). The molecule has 0 saturated heterocycles. The highest BCUT2D eigenvalue weighted by Crippen LogP contribution is 2.32. The van der Waals surface area contributed by atoms with Crippen molar-refractivity contribution in [3.63, 3.8) is 0 Å². The topological polar surface area (TPSA) is 76.7 Å². The van der Waals surface area contributed by atoms with E-state index in [9.17, 15) is 8.42 Å². The molecule has 0 heterocycles. The lowest BCUT2D eigenvalue weighted by molar-refractivity contribution is 0.217. The molecule has 6 nitrogen and oxygen atoms in total. The predicted molar refractivity (Wildman–Crippen MR) is 159 cm³/mol. The predicted octanol–water partition coefficient (Wildman–Crippen LogP) is 7.73. The van der Waals surface area contributed by atoms with Crippen LogP contribution in [-0.2, 0) is 16.4 Å². The van der Waals surface area contributed by atoms with E-state index >= 15 is 0 Å². The van der Waals surface area contributed by atoms with E-state index in [2.05, 4.69) is 41.2 Å². The number of benzene rings is 4. The van der Waals surface area contributed by atoms with E-state index < -0.39 is 10.0 Å². The van der Waals surface area contributed by atoms with Gasteiger partial charge in [-0.3, -0.25) is 4.72 Å². The minimum atomic E-state index is -3.39. The standard InChI is InChI=1S/C32H36N2O4S/c1-5-23(2)37-28-13-9-14-29(22-28)38-27-19-17-26(18-20-27)32(21-25-11-7-6-8-12-25)33-30-15-10-16-31(24(30)3)34-39(4,35)36/h6-20,22-23,32-34H,5,21H2,1-4H3. The summed E-state index contributed by atoms with van der Waals surface area (Å²) in [4.78, 5) is 0. The summed E-state index contributed by atoms with van der Waals surface area (Å²) in [6, 6.07) is 31.5. The van der Waals surface area contributed by atoms with E-state index in [1.165, 1.54) is 5.56 Å². The van der Waals surface area contributed by atoms with Gasteiger partial charge in [-0.15, -0.1) is 0 Å². The molecule has 2 N–H and O–H groups in total. The molecule has 2 atom stereocenters. The van der Waals surface area contributed by atoms with Crippen LogP contribution >= 0.6 is 0 Å². The molecule has 0 aromatic heterocycles. The summed E-state index contributed by atoms with van der Waals surface area (Å²) >= 11 is 0. The van der Waals surface area contributed by atoms with E-state index in [0.717, 1.165) is 47.4 Å². The number of ether oxygens (including phenoxy) is 2. The van der Waals surface area contributed by atoms with Gasteiger partial charge in [-0.05, 0) is 79.8 Å². The number of sulfonamides is 1. The maximum Gasteiger partial charge on any atom is 0.229 e. The van der Waals surface area contributed by atoms with Crippen LogP contribution in [0, 0.1) is 6.92 Å². The van der Waals surface area contributed by atoms with Crippen LogP contribution in [0.4, 0.5) is 11.4 Å². The van der Waals surface area contributed by atoms with Crippen LogP contribution in [0.25, 0.3) is 0 Å². The Balaban J connectivity index is 1.56. The van der Waals surface area contributed by atoms with Crippen molar-refractivity contribution >= 4 is 21.4 Å². The molecule has 4 aromatic rings. The van der Waals surface area contributed by atoms with Gasteiger partial charge in [0.25, 0.3) is 0 Å². The van der Waals surface area contributed by atoms with Crippen molar-refractivity contribution in [2.45, 2.75) is 45.8 Å². The lowest BCUT2D eigenvalue weighted by Gasteiger charge is -2.23. The smallest absolute Gasteiger partial charge is 0.229 e. The van der Waals surface area contributed by atoms with Crippen molar-refractivity contribution in [3.05, 3.63) is 114 Å². The Morgan fingerprint density at radius 3 is 2.15 bits per heavy atom. The molecule has 0 saturated carbocycles. The Hall–Kier alpha value is -3.97. The average Bonchev–Trinajstić information content (AvgIpc) is 2.91. The Labute approximate surface area is 232 Å². The van der Waals surface area contributed by atoms with Crippen LogP contribution in [0.2, 0.25) is 0 Å². The fraction of sp³-hybridized carbons (Fsp3) is 0.250. The molecule has 4 aromatic carbocycles. The first-order chi connectivity index (χ1) is 18.7. The molecule has 0 bridgehead atoms. The van der Waals surface area contributed by atoms with Gasteiger partial charge in [0.15, 0.2) is 0 Å². The summed E-state index contributed by atoms with van der Waals surface area (Å²) in [6.45, 7) is 6.05. The minimum absolute atomic E-state index is 0.0547. The zero-order chi connectivity index (χ0) is 27.8. The van der Waals surface area contributed by atoms with Crippen molar-refractivity contribution in [1.82, 2.24) is 0 Å². The van der Waals surface area contributed by atoms with Crippen LogP contribution in [0.1, 0.15) is 43.0 Å². The quantitative estimate of drug-likeness (QED) is 0.191. The zero-order valence-corrected chi connectivity index (χ0v) is 23.7. The molecule has 2 unspecified atom stereocenters. The van der Waals surface area contributed by atoms with E-state index in [1.54, 1.807) is 6.07 Å². The SMILES string of the molecule is CCC(C)Oc1cccc(Oc2ccc(C(Cc3ccccc3)Nc3cccc(NS(C)(=O)=O)c3C)cc2)c1. The molecular weight excluding hydrogens is 508 g/mol. The maximum atomic E-state index is 11.8. The molecular formula is C32H36N2O4S. The van der Waals surface area contributed by atoms with Gasteiger partial charge >= 0.3 is 0 Å². The Bertz CT molecular complexity index is 1470. The Morgan fingerprint density at radius 1 is 0.795 bits per heavy atom. The highest BCUT2D eigenvalue weighted by atomic mass is 32.2. The number of nitrogens with one attached hydrogen (secondary N) is 2. The van der Waals surface area contributed by atoms with E-state index in [1.807, 2.05) is 80.6 Å². The van der Waals surface area contributed by atoms with Crippen LogP contribution in [-0.4, -0.2) is 20.8 Å². The maximum absolute atomic E-state index is 11.8. The van der Waals surface area contributed by atoms with E-state index in [4.69, 9.17) is 9.47 Å². The molecule has 7 heteroatoms. The highest BCUT2D eigenvalue weighted by molar-refractivity contribution is 7.92. The molecule has 39 heavy (non-hydrogen) atoms. The first-order valence-electron chi connectivity index (χ1n) is 13.1. The third-order valence-electron chi connectivity index (χ3n) is 6.48. The summed E-state index contributed by atoms with van der Waals surface area (Å²) < 4.78 is 38.3. The van der Waals surface area contributed by atoms with Gasteiger partial charge in [-0.2, -0.15) is 0 Å². The Kier molecular flexibility index (Phi) is 9.15. The number of rotatable bonds is 12. The third-order valence-corrected chi connectivity index (χ3v) is 7.07. The van der Waals surface area contributed by atoms with Gasteiger partial charge in [0.2, 0.25) is 10.0 Å². The summed E-state index contributed by atoms with van der Waals surface area (Å²) in [6.07, 6.45) is 2.98. The van der Waals surface area contributed by atoms with Crippen molar-refractivity contribution < 1.29 is 17.9 Å². The molecule has 0 aliphatic rings. The number of anilines is 2. The summed E-state index contributed by atoms with van der Waals surface area (Å²) in [7, 11) is -3.39. The summed E-state index contributed by atoms with van der Waals surface area (Å²) in [5.74, 6) is 2.23. The second kappa shape index (κ2) is 12.7. The molecule has 0 spiro atoms. The molecule has 204 valence electrons. The molecule has 0 radical (unpaired) electrons. The van der Waals surface area contributed by atoms with Gasteiger partial charge in [0.1, 0.15) is 17.2 Å². The molecule has 0 amide bonds. The van der Waals surface area contributed by atoms with Gasteiger partial charge < -0.3 is 14.8 Å². The van der Waals surface area contributed by atoms with Gasteiger partial charge in [0, 0.05) is 11.8 Å². The number of hydrogen-bond donors (Lipinski definition) is 2. The second-order valence-electron chi connectivity index (χ2n) is 9.72. The van der Waals surface area contributed by atoms with E-state index in [-0.39, 0.29) is 12.1 Å². The lowest BCUT2D eigenvalue weighted by Crippen LogP contribution is -2.16. The van der Waals surface area contributed by atoms with Crippen molar-refractivity contribution in [1.29, 1.82) is 0 Å². The summed E-state index contributed by atoms with van der Waals surface area (Å²) in [5.41, 5.74) is 4.53. The normalized spacial score (nSPS) is 12.8. The summed E-state index contributed by atoms with van der Waals surface area (Å²) in [5, 5.41) is 3.65. The van der Waals surface area contributed by atoms with Crippen LogP contribution < -0.4 is 19.5 Å². The van der Waals surface area contributed by atoms with Gasteiger partial charge in [-0.25, -0.2) is 8.42 Å². The van der Waals surface area contributed by atoms with Crippen LogP contribution in [0.3, 0.4) is 0 Å². The van der Waals surface area contributed by atoms with Crippen LogP contribution in [0.5, 0.6) is 17.2 Å². The highest BCUT2D eigenvalue weighted by Gasteiger charge is 2.16. The monoisotopic (exact) mass is 544 g/mol. The van der Waals surface area contributed by atoms with Crippen LogP contribution in [0.15, 0.2) is 97.1 Å². The van der Waals surface area contributed by atoms with Gasteiger partial charge in [0.05, 0.1) is 24.1 Å². The third kappa shape index (κ3) is 8.26. The average molecular weight is 545 g/mol. The lowest BCUT2D eigenvalue weighted by atomic mass is 9.98. The van der Waals surface area contributed by atoms with Crippen molar-refractivity contribution in [2.24, 2.45) is 0 Å². The first kappa shape index (κ1) is 28.0. The first-order valence-corrected chi connectivity index (χ1v) is 15.0. The largest absolute Gasteiger partial charge is 0.491 e. The molecule has 0 fully saturated rings. The zero-order valence-electron chi connectivity index (χ0n) is 22.8. The Morgan fingerprint density at radius 2 is 1.46 bits per heavy atom. The van der Waals surface area contributed by atoms with E-state index in [0.29, 0.717) is 11.4 Å². The molecule has 0 aliphatic carbocycles. The fourth-order valence-electron chi connectivity index (χ4n) is 4.22. The van der Waals surface area contributed by atoms with Gasteiger partial charge in [-0.1, -0.05) is 61.5 Å². The minimum Gasteiger partial charge on any atom is -0.491 e. The van der Waals surface area contributed by atoms with Crippen molar-refractivity contribution in [2.75, 3.05) is 16.3 Å². The number of hydrogen-bond acceptors (Lipinski definition) is 5. The second-order valence-corrected chi connectivity index (χ2v) is 11.5.